The third kappa shape index (κ3) is 4.31. The van der Waals surface area contributed by atoms with Crippen LogP contribution in [0, 0.1) is 6.92 Å². The monoisotopic (exact) mass is 316 g/mol. The van der Waals surface area contributed by atoms with Crippen molar-refractivity contribution in [2.24, 2.45) is 0 Å². The van der Waals surface area contributed by atoms with Crippen molar-refractivity contribution >= 4 is 5.91 Å². The van der Waals surface area contributed by atoms with E-state index in [-0.39, 0.29) is 11.5 Å². The van der Waals surface area contributed by atoms with Crippen LogP contribution in [0.5, 0.6) is 0 Å². The van der Waals surface area contributed by atoms with E-state index in [9.17, 15) is 9.59 Å². The molecule has 0 N–H and O–H groups in total. The summed E-state index contributed by atoms with van der Waals surface area (Å²) in [5.74, 6) is 0.0481. The number of pyridine rings is 1. The maximum atomic E-state index is 12.4. The fraction of sp³-hybridized carbons (Fsp3) is 0.471. The Morgan fingerprint density at radius 3 is 2.70 bits per heavy atom. The van der Waals surface area contributed by atoms with Crippen molar-refractivity contribution in [1.29, 1.82) is 0 Å². The number of amides is 1. The van der Waals surface area contributed by atoms with Crippen molar-refractivity contribution in [2.45, 2.75) is 46.8 Å². The summed E-state index contributed by atoms with van der Waals surface area (Å²) in [6.45, 7) is 8.28. The van der Waals surface area contributed by atoms with Gasteiger partial charge in [-0.05, 0) is 26.8 Å². The van der Waals surface area contributed by atoms with E-state index in [0.29, 0.717) is 26.1 Å². The normalized spacial score (nSPS) is 10.7. The summed E-state index contributed by atoms with van der Waals surface area (Å²) in [5.41, 5.74) is 1.83. The van der Waals surface area contributed by atoms with E-state index in [1.807, 2.05) is 37.7 Å². The highest BCUT2D eigenvalue weighted by Gasteiger charge is 2.14. The third-order valence-corrected chi connectivity index (χ3v) is 3.94. The maximum Gasteiger partial charge on any atom is 0.250 e. The molecule has 6 heteroatoms. The topological polar surface area (TPSA) is 60.1 Å². The second-order valence-corrected chi connectivity index (χ2v) is 5.52. The molecule has 0 spiro atoms. The van der Waals surface area contributed by atoms with Crippen molar-refractivity contribution in [3.8, 4) is 0 Å². The Kier molecular flexibility index (Phi) is 5.73. The molecule has 2 aromatic rings. The molecule has 2 aromatic heterocycles. The maximum absolute atomic E-state index is 12.4. The summed E-state index contributed by atoms with van der Waals surface area (Å²) in [4.78, 5) is 26.1. The summed E-state index contributed by atoms with van der Waals surface area (Å²) in [7, 11) is 0. The van der Waals surface area contributed by atoms with Crippen LogP contribution in [-0.4, -0.2) is 31.7 Å². The van der Waals surface area contributed by atoms with Crippen LogP contribution >= 0.6 is 0 Å². The molecule has 0 radical (unpaired) electrons. The van der Waals surface area contributed by atoms with Gasteiger partial charge in [0.05, 0.1) is 6.20 Å². The van der Waals surface area contributed by atoms with Crippen molar-refractivity contribution in [2.75, 3.05) is 6.54 Å². The Labute approximate surface area is 136 Å². The third-order valence-electron chi connectivity index (χ3n) is 3.94. The first-order valence-corrected chi connectivity index (χ1v) is 8.00. The van der Waals surface area contributed by atoms with Gasteiger partial charge < -0.3 is 9.47 Å². The summed E-state index contributed by atoms with van der Waals surface area (Å²) in [6, 6.07) is 5.14. The summed E-state index contributed by atoms with van der Waals surface area (Å²) < 4.78 is 3.49. The predicted molar refractivity (Wildman–Crippen MR) is 89.0 cm³/mol. The summed E-state index contributed by atoms with van der Waals surface area (Å²) >= 11 is 0. The predicted octanol–water partition coefficient (Wildman–Crippen LogP) is 1.81. The van der Waals surface area contributed by atoms with Gasteiger partial charge in [-0.15, -0.1) is 0 Å². The van der Waals surface area contributed by atoms with Gasteiger partial charge in [0.25, 0.3) is 5.56 Å². The van der Waals surface area contributed by atoms with E-state index in [1.165, 1.54) is 6.07 Å². The molecule has 6 nitrogen and oxygen atoms in total. The molecule has 0 aliphatic rings. The van der Waals surface area contributed by atoms with Crippen molar-refractivity contribution in [3.63, 3.8) is 0 Å². The van der Waals surface area contributed by atoms with Crippen LogP contribution in [0.3, 0.4) is 0 Å². The second-order valence-electron chi connectivity index (χ2n) is 5.52. The number of carbonyl (C=O) groups is 1. The smallest absolute Gasteiger partial charge is 0.250 e. The number of rotatable bonds is 7. The number of nitrogens with zero attached hydrogens (tertiary/aromatic N) is 4. The molecule has 0 unspecified atom stereocenters. The van der Waals surface area contributed by atoms with E-state index < -0.39 is 0 Å². The Morgan fingerprint density at radius 1 is 1.30 bits per heavy atom. The van der Waals surface area contributed by atoms with E-state index in [1.54, 1.807) is 21.7 Å². The molecule has 0 fully saturated rings. The first-order valence-electron chi connectivity index (χ1n) is 8.00. The zero-order valence-electron chi connectivity index (χ0n) is 14.0. The van der Waals surface area contributed by atoms with E-state index >= 15 is 0 Å². The van der Waals surface area contributed by atoms with Gasteiger partial charge in [0.15, 0.2) is 0 Å². The van der Waals surface area contributed by atoms with E-state index in [4.69, 9.17) is 0 Å². The lowest BCUT2D eigenvalue weighted by Gasteiger charge is -2.20. The number of hydrogen-bond donors (Lipinski definition) is 0. The molecule has 2 rings (SSSR count). The number of hydrogen-bond acceptors (Lipinski definition) is 3. The minimum Gasteiger partial charge on any atom is -0.338 e. The van der Waals surface area contributed by atoms with Gasteiger partial charge >= 0.3 is 0 Å². The number of aromatic nitrogens is 3. The molecule has 1 amide bonds. The molecule has 0 bridgehead atoms. The fourth-order valence-electron chi connectivity index (χ4n) is 2.53. The zero-order chi connectivity index (χ0) is 16.8. The van der Waals surface area contributed by atoms with Crippen LogP contribution < -0.4 is 5.56 Å². The van der Waals surface area contributed by atoms with Gasteiger partial charge in [-0.1, -0.05) is 6.07 Å². The molecule has 124 valence electrons. The molecule has 0 aliphatic carbocycles. The SMILES string of the molecule is CCN(Cc1cnn(CC)c1)C(=O)CCn1c(C)cccc1=O. The summed E-state index contributed by atoms with van der Waals surface area (Å²) in [5, 5.41) is 4.23. The van der Waals surface area contributed by atoms with Crippen LogP contribution in [0.2, 0.25) is 0 Å². The Balaban J connectivity index is 1.98. The van der Waals surface area contributed by atoms with Crippen LogP contribution in [0.25, 0.3) is 0 Å². The first-order chi connectivity index (χ1) is 11.0. The largest absolute Gasteiger partial charge is 0.338 e. The minimum atomic E-state index is -0.0647. The first kappa shape index (κ1) is 17.0. The standard InChI is InChI=1S/C17H24N4O2/c1-4-19(12-15-11-18-20(5-2)13-15)16(22)9-10-21-14(3)7-6-8-17(21)23/h6-8,11,13H,4-5,9-10,12H2,1-3H3. The highest BCUT2D eigenvalue weighted by molar-refractivity contribution is 5.76. The van der Waals surface area contributed by atoms with Crippen molar-refractivity contribution < 1.29 is 4.79 Å². The molecule has 2 heterocycles. The molecule has 0 atom stereocenters. The average Bonchev–Trinajstić information content (AvgIpc) is 2.99. The lowest BCUT2D eigenvalue weighted by Crippen LogP contribution is -2.32. The minimum absolute atomic E-state index is 0.0481. The highest BCUT2D eigenvalue weighted by atomic mass is 16.2. The van der Waals surface area contributed by atoms with Gasteiger partial charge in [-0.3, -0.25) is 14.3 Å². The second kappa shape index (κ2) is 7.76. The van der Waals surface area contributed by atoms with Crippen molar-refractivity contribution in [3.05, 3.63) is 52.2 Å². The number of carbonyl (C=O) groups excluding carboxylic acids is 1. The molecular weight excluding hydrogens is 292 g/mol. The molecular formula is C17H24N4O2. The van der Waals surface area contributed by atoms with Crippen LogP contribution in [0.15, 0.2) is 35.4 Å². The lowest BCUT2D eigenvalue weighted by atomic mass is 10.2. The summed E-state index contributed by atoms with van der Waals surface area (Å²) in [6.07, 6.45) is 4.08. The Morgan fingerprint density at radius 2 is 2.09 bits per heavy atom. The van der Waals surface area contributed by atoms with Gasteiger partial charge in [0.2, 0.25) is 5.91 Å². The zero-order valence-corrected chi connectivity index (χ0v) is 14.0. The molecule has 0 saturated carbocycles. The Hall–Kier alpha value is -2.37. The quantitative estimate of drug-likeness (QED) is 0.783. The molecule has 0 aliphatic heterocycles. The fourth-order valence-corrected chi connectivity index (χ4v) is 2.53. The Bertz CT molecular complexity index is 717. The van der Waals surface area contributed by atoms with E-state index in [0.717, 1.165) is 17.8 Å². The van der Waals surface area contributed by atoms with Crippen LogP contribution in [-0.2, 0) is 24.4 Å². The lowest BCUT2D eigenvalue weighted by molar-refractivity contribution is -0.131. The van der Waals surface area contributed by atoms with Gasteiger partial charge in [0.1, 0.15) is 0 Å². The average molecular weight is 316 g/mol. The van der Waals surface area contributed by atoms with E-state index in [2.05, 4.69) is 5.10 Å². The van der Waals surface area contributed by atoms with Gasteiger partial charge in [-0.25, -0.2) is 0 Å². The highest BCUT2D eigenvalue weighted by Crippen LogP contribution is 2.07. The van der Waals surface area contributed by atoms with Gasteiger partial charge in [-0.2, -0.15) is 5.10 Å². The van der Waals surface area contributed by atoms with Crippen molar-refractivity contribution in [1.82, 2.24) is 19.2 Å². The molecule has 23 heavy (non-hydrogen) atoms. The molecule has 0 aromatic carbocycles. The molecule has 0 saturated heterocycles. The number of aryl methyl sites for hydroxylation is 2. The van der Waals surface area contributed by atoms with Crippen LogP contribution in [0.1, 0.15) is 31.5 Å². The van der Waals surface area contributed by atoms with Crippen LogP contribution in [0.4, 0.5) is 0 Å². The van der Waals surface area contributed by atoms with Gasteiger partial charge in [0, 0.05) is 56.1 Å².